The molecule has 6 nitrogen and oxygen atoms in total. The van der Waals surface area contributed by atoms with Gasteiger partial charge in [0, 0.05) is 12.1 Å². The number of aromatic nitrogens is 1. The van der Waals surface area contributed by atoms with Crippen molar-refractivity contribution >= 4 is 43.2 Å². The number of benzene rings is 2. The number of carbonyl (C=O) groups is 1. The molecule has 25 heavy (non-hydrogen) atoms. The van der Waals surface area contributed by atoms with Crippen molar-refractivity contribution in [2.24, 2.45) is 0 Å². The van der Waals surface area contributed by atoms with Crippen molar-refractivity contribution in [3.63, 3.8) is 0 Å². The molecule has 4 rings (SSSR count). The first-order chi connectivity index (χ1) is 12.0. The molecule has 0 spiro atoms. The summed E-state index contributed by atoms with van der Waals surface area (Å²) in [6.07, 6.45) is 0.915. The summed E-state index contributed by atoms with van der Waals surface area (Å²) in [5.41, 5.74) is 2.38. The molecule has 0 radical (unpaired) electrons. The highest BCUT2D eigenvalue weighted by atomic mass is 32.2. The van der Waals surface area contributed by atoms with Crippen LogP contribution in [0, 0.1) is 0 Å². The lowest BCUT2D eigenvalue weighted by Crippen LogP contribution is -2.24. The Kier molecular flexibility index (Phi) is 4.03. The fraction of sp³-hybridized carbons (Fsp3) is 0.176. The number of rotatable bonds is 4. The SMILES string of the molecule is O=C1CCc2cc(S(=O)(=O)NCc3nc4ccccc4s3)ccc2N1. The number of hydrogen-bond acceptors (Lipinski definition) is 5. The van der Waals surface area contributed by atoms with Crippen LogP contribution in [0.15, 0.2) is 47.4 Å². The van der Waals surface area contributed by atoms with Gasteiger partial charge in [0.1, 0.15) is 5.01 Å². The predicted octanol–water partition coefficient (Wildman–Crippen LogP) is 2.66. The zero-order valence-corrected chi connectivity index (χ0v) is 14.8. The van der Waals surface area contributed by atoms with Gasteiger partial charge in [-0.3, -0.25) is 4.79 Å². The lowest BCUT2D eigenvalue weighted by Gasteiger charge is -2.17. The van der Waals surface area contributed by atoms with Crippen LogP contribution in [-0.4, -0.2) is 19.3 Å². The molecule has 0 bridgehead atoms. The minimum Gasteiger partial charge on any atom is -0.326 e. The van der Waals surface area contributed by atoms with Crippen LogP contribution in [0.25, 0.3) is 10.2 Å². The molecule has 2 aromatic carbocycles. The van der Waals surface area contributed by atoms with Crippen LogP contribution >= 0.6 is 11.3 Å². The van der Waals surface area contributed by atoms with Crippen LogP contribution in [0.3, 0.4) is 0 Å². The third kappa shape index (κ3) is 3.28. The van der Waals surface area contributed by atoms with Gasteiger partial charge in [-0.25, -0.2) is 18.1 Å². The molecule has 1 aliphatic heterocycles. The summed E-state index contributed by atoms with van der Waals surface area (Å²) >= 11 is 1.47. The molecular formula is C17H15N3O3S2. The Balaban J connectivity index is 1.54. The number of nitrogens with zero attached hydrogens (tertiary/aromatic N) is 1. The average molecular weight is 373 g/mol. The molecule has 0 aliphatic carbocycles. The van der Waals surface area contributed by atoms with Crippen molar-refractivity contribution in [3.05, 3.63) is 53.0 Å². The molecule has 3 aromatic rings. The van der Waals surface area contributed by atoms with Gasteiger partial charge in [-0.05, 0) is 42.3 Å². The molecule has 8 heteroatoms. The van der Waals surface area contributed by atoms with E-state index in [1.165, 1.54) is 17.4 Å². The van der Waals surface area contributed by atoms with E-state index in [0.717, 1.165) is 20.8 Å². The van der Waals surface area contributed by atoms with Gasteiger partial charge in [-0.2, -0.15) is 0 Å². The maximum Gasteiger partial charge on any atom is 0.240 e. The van der Waals surface area contributed by atoms with Gasteiger partial charge in [0.15, 0.2) is 0 Å². The Labute approximate surface area is 149 Å². The van der Waals surface area contributed by atoms with Gasteiger partial charge < -0.3 is 5.32 Å². The van der Waals surface area contributed by atoms with E-state index in [0.29, 0.717) is 18.5 Å². The topological polar surface area (TPSA) is 88.2 Å². The van der Waals surface area contributed by atoms with Crippen LogP contribution in [0.2, 0.25) is 0 Å². The predicted molar refractivity (Wildman–Crippen MR) is 97.0 cm³/mol. The molecule has 0 saturated heterocycles. The van der Waals surface area contributed by atoms with Crippen molar-refractivity contribution in [1.29, 1.82) is 0 Å². The number of carbonyl (C=O) groups excluding carboxylic acids is 1. The third-order valence-corrected chi connectivity index (χ3v) is 6.47. The smallest absolute Gasteiger partial charge is 0.240 e. The summed E-state index contributed by atoms with van der Waals surface area (Å²) < 4.78 is 28.7. The zero-order chi connectivity index (χ0) is 17.4. The Bertz CT molecular complexity index is 1040. The van der Waals surface area contributed by atoms with E-state index in [-0.39, 0.29) is 17.3 Å². The average Bonchev–Trinajstić information content (AvgIpc) is 3.02. The first-order valence-corrected chi connectivity index (χ1v) is 10.1. The second kappa shape index (κ2) is 6.21. The van der Waals surface area contributed by atoms with Gasteiger partial charge in [0.25, 0.3) is 0 Å². The number of para-hydroxylation sites is 1. The Hall–Kier alpha value is -2.29. The molecule has 1 aliphatic rings. The van der Waals surface area contributed by atoms with E-state index in [2.05, 4.69) is 15.0 Å². The van der Waals surface area contributed by atoms with Crippen molar-refractivity contribution in [1.82, 2.24) is 9.71 Å². The first kappa shape index (κ1) is 16.2. The van der Waals surface area contributed by atoms with Crippen molar-refractivity contribution in [2.45, 2.75) is 24.3 Å². The van der Waals surface area contributed by atoms with Crippen LogP contribution < -0.4 is 10.0 Å². The molecule has 0 fully saturated rings. The van der Waals surface area contributed by atoms with E-state index in [1.807, 2.05) is 24.3 Å². The molecule has 0 atom stereocenters. The molecule has 128 valence electrons. The van der Waals surface area contributed by atoms with Crippen LogP contribution in [-0.2, 0) is 27.8 Å². The summed E-state index contributed by atoms with van der Waals surface area (Å²) in [5, 5.41) is 3.47. The Morgan fingerprint density at radius 3 is 2.84 bits per heavy atom. The molecule has 2 N–H and O–H groups in total. The highest BCUT2D eigenvalue weighted by Gasteiger charge is 2.20. The van der Waals surface area contributed by atoms with Gasteiger partial charge in [-0.1, -0.05) is 12.1 Å². The molecular weight excluding hydrogens is 358 g/mol. The van der Waals surface area contributed by atoms with E-state index < -0.39 is 10.0 Å². The Morgan fingerprint density at radius 2 is 2.00 bits per heavy atom. The summed E-state index contributed by atoms with van der Waals surface area (Å²) in [5.74, 6) is -0.0444. The lowest BCUT2D eigenvalue weighted by molar-refractivity contribution is -0.116. The van der Waals surface area contributed by atoms with Crippen molar-refractivity contribution < 1.29 is 13.2 Å². The van der Waals surface area contributed by atoms with Gasteiger partial charge in [0.2, 0.25) is 15.9 Å². The summed E-state index contributed by atoms with van der Waals surface area (Å²) in [6.45, 7) is 0.148. The van der Waals surface area contributed by atoms with Crippen LogP contribution in [0.4, 0.5) is 5.69 Å². The van der Waals surface area contributed by atoms with Gasteiger partial charge in [-0.15, -0.1) is 11.3 Å². The second-order valence-electron chi connectivity index (χ2n) is 5.77. The number of thiazole rings is 1. The quantitative estimate of drug-likeness (QED) is 0.736. The fourth-order valence-electron chi connectivity index (χ4n) is 2.76. The normalized spacial score (nSPS) is 14.3. The molecule has 0 saturated carbocycles. The number of hydrogen-bond donors (Lipinski definition) is 2. The summed E-state index contributed by atoms with van der Waals surface area (Å²) in [7, 11) is -3.64. The summed E-state index contributed by atoms with van der Waals surface area (Å²) in [6, 6.07) is 12.5. The minimum atomic E-state index is -3.64. The number of aryl methyl sites for hydroxylation is 1. The number of amides is 1. The standard InChI is InChI=1S/C17H15N3O3S2/c21-16-8-5-11-9-12(6-7-13(11)19-16)25(22,23)18-10-17-20-14-3-1-2-4-15(14)24-17/h1-4,6-7,9,18H,5,8,10H2,(H,19,21). The minimum absolute atomic E-state index is 0.0444. The number of nitrogens with one attached hydrogen (secondary N) is 2. The molecule has 0 unspecified atom stereocenters. The molecule has 1 amide bonds. The highest BCUT2D eigenvalue weighted by molar-refractivity contribution is 7.89. The van der Waals surface area contributed by atoms with Gasteiger partial charge >= 0.3 is 0 Å². The van der Waals surface area contributed by atoms with E-state index in [9.17, 15) is 13.2 Å². The lowest BCUT2D eigenvalue weighted by atomic mass is 10.0. The second-order valence-corrected chi connectivity index (χ2v) is 8.65. The summed E-state index contributed by atoms with van der Waals surface area (Å²) in [4.78, 5) is 16.0. The van der Waals surface area contributed by atoms with E-state index in [1.54, 1.807) is 12.1 Å². The Morgan fingerprint density at radius 1 is 1.16 bits per heavy atom. The third-order valence-electron chi connectivity index (χ3n) is 4.03. The van der Waals surface area contributed by atoms with Gasteiger partial charge in [0.05, 0.1) is 21.7 Å². The maximum absolute atomic E-state index is 12.5. The maximum atomic E-state index is 12.5. The molecule has 1 aromatic heterocycles. The number of fused-ring (bicyclic) bond motifs is 2. The van der Waals surface area contributed by atoms with Crippen LogP contribution in [0.1, 0.15) is 17.0 Å². The number of anilines is 1. The first-order valence-electron chi connectivity index (χ1n) is 7.78. The van der Waals surface area contributed by atoms with E-state index >= 15 is 0 Å². The zero-order valence-electron chi connectivity index (χ0n) is 13.2. The van der Waals surface area contributed by atoms with Crippen molar-refractivity contribution in [2.75, 3.05) is 5.32 Å². The van der Waals surface area contributed by atoms with Crippen molar-refractivity contribution in [3.8, 4) is 0 Å². The fourth-order valence-corrected chi connectivity index (χ4v) is 4.80. The molecule has 2 heterocycles. The van der Waals surface area contributed by atoms with Crippen LogP contribution in [0.5, 0.6) is 0 Å². The highest BCUT2D eigenvalue weighted by Crippen LogP contribution is 2.26. The largest absolute Gasteiger partial charge is 0.326 e. The monoisotopic (exact) mass is 373 g/mol. The van der Waals surface area contributed by atoms with E-state index in [4.69, 9.17) is 0 Å². The number of sulfonamides is 1.